The largest absolute Gasteiger partial charge is 0.482 e. The van der Waals surface area contributed by atoms with Crippen LogP contribution in [-0.2, 0) is 9.53 Å². The van der Waals surface area contributed by atoms with Gasteiger partial charge in [-0.3, -0.25) is 4.79 Å². The Kier molecular flexibility index (Phi) is 5.35. The van der Waals surface area contributed by atoms with Crippen LogP contribution in [0.2, 0.25) is 0 Å². The number of hydrogen-bond acceptors (Lipinski definition) is 4. The van der Waals surface area contributed by atoms with Crippen LogP contribution >= 0.6 is 0 Å². The van der Waals surface area contributed by atoms with Crippen molar-refractivity contribution in [2.75, 3.05) is 26.3 Å². The topological polar surface area (TPSA) is 76.1 Å². The van der Waals surface area contributed by atoms with E-state index in [4.69, 9.17) is 14.6 Å². The minimum atomic E-state index is -1.04. The Morgan fingerprint density at radius 3 is 2.71 bits per heavy atom. The van der Waals surface area contributed by atoms with Gasteiger partial charge in [0.1, 0.15) is 5.75 Å². The number of carboxylic acid groups (broad SMARTS) is 1. The van der Waals surface area contributed by atoms with Crippen molar-refractivity contribution in [3.8, 4) is 5.75 Å². The standard InChI is InChI=1S/C18H23NO5/c20-17(21)12-24-15-4-1-3-14(11-15)18(22)19-8-6-13(7-9-19)16-5-2-10-23-16/h1,3-4,11,13,16H,2,5-10,12H2,(H,20,21). The van der Waals surface area contributed by atoms with E-state index >= 15 is 0 Å². The first-order valence-electron chi connectivity index (χ1n) is 8.49. The van der Waals surface area contributed by atoms with Gasteiger partial charge < -0.3 is 19.5 Å². The van der Waals surface area contributed by atoms with E-state index < -0.39 is 12.6 Å². The smallest absolute Gasteiger partial charge is 0.341 e. The van der Waals surface area contributed by atoms with Gasteiger partial charge in [0.05, 0.1) is 6.10 Å². The summed E-state index contributed by atoms with van der Waals surface area (Å²) in [5.41, 5.74) is 0.536. The first-order valence-corrected chi connectivity index (χ1v) is 8.49. The van der Waals surface area contributed by atoms with Crippen LogP contribution in [-0.4, -0.2) is 54.3 Å². The molecule has 1 atom stereocenters. The molecular formula is C18H23NO5. The van der Waals surface area contributed by atoms with Crippen LogP contribution in [0.25, 0.3) is 0 Å². The Hall–Kier alpha value is -2.08. The van der Waals surface area contributed by atoms with Gasteiger partial charge in [0.15, 0.2) is 6.61 Å². The molecule has 2 aliphatic rings. The summed E-state index contributed by atoms with van der Waals surface area (Å²) in [6, 6.07) is 6.71. The maximum atomic E-state index is 12.6. The molecule has 0 saturated carbocycles. The second-order valence-electron chi connectivity index (χ2n) is 6.39. The molecule has 0 radical (unpaired) electrons. The first kappa shape index (κ1) is 16.8. The Labute approximate surface area is 141 Å². The first-order chi connectivity index (χ1) is 11.6. The molecule has 1 aromatic rings. The number of rotatable bonds is 5. The fourth-order valence-corrected chi connectivity index (χ4v) is 3.50. The number of likely N-dealkylation sites (tertiary alicyclic amines) is 1. The van der Waals surface area contributed by atoms with Crippen molar-refractivity contribution < 1.29 is 24.2 Å². The summed E-state index contributed by atoms with van der Waals surface area (Å²) in [5, 5.41) is 8.66. The van der Waals surface area contributed by atoms with E-state index in [0.717, 1.165) is 45.4 Å². The molecule has 3 rings (SSSR count). The number of amides is 1. The summed E-state index contributed by atoms with van der Waals surface area (Å²) in [5.74, 6) is -0.108. The van der Waals surface area contributed by atoms with Crippen LogP contribution in [0.1, 0.15) is 36.0 Å². The summed E-state index contributed by atoms with van der Waals surface area (Å²) < 4.78 is 10.9. The molecule has 6 heteroatoms. The quantitative estimate of drug-likeness (QED) is 0.894. The Balaban J connectivity index is 1.56. The van der Waals surface area contributed by atoms with E-state index in [2.05, 4.69) is 0 Å². The van der Waals surface area contributed by atoms with Gasteiger partial charge in [-0.1, -0.05) is 6.07 Å². The maximum absolute atomic E-state index is 12.6. The molecule has 2 saturated heterocycles. The SMILES string of the molecule is O=C(O)COc1cccc(C(=O)N2CCC(C3CCCO3)CC2)c1. The van der Waals surface area contributed by atoms with E-state index in [1.54, 1.807) is 24.3 Å². The average molecular weight is 333 g/mol. The number of aliphatic carboxylic acids is 1. The molecule has 2 heterocycles. The molecule has 6 nitrogen and oxygen atoms in total. The highest BCUT2D eigenvalue weighted by atomic mass is 16.5. The lowest BCUT2D eigenvalue weighted by Gasteiger charge is -2.34. The molecule has 24 heavy (non-hydrogen) atoms. The molecule has 2 aliphatic heterocycles. The van der Waals surface area contributed by atoms with Crippen LogP contribution < -0.4 is 4.74 Å². The molecule has 1 aromatic carbocycles. The van der Waals surface area contributed by atoms with Gasteiger partial charge >= 0.3 is 5.97 Å². The van der Waals surface area contributed by atoms with Crippen molar-refractivity contribution in [2.45, 2.75) is 31.8 Å². The Morgan fingerprint density at radius 1 is 1.25 bits per heavy atom. The van der Waals surface area contributed by atoms with E-state index in [1.165, 1.54) is 0 Å². The van der Waals surface area contributed by atoms with Crippen LogP contribution in [0.4, 0.5) is 0 Å². The molecule has 0 aromatic heterocycles. The monoisotopic (exact) mass is 333 g/mol. The second-order valence-corrected chi connectivity index (χ2v) is 6.39. The third-order valence-electron chi connectivity index (χ3n) is 4.76. The summed E-state index contributed by atoms with van der Waals surface area (Å²) >= 11 is 0. The zero-order chi connectivity index (χ0) is 16.9. The fraction of sp³-hybridized carbons (Fsp3) is 0.556. The number of carbonyl (C=O) groups excluding carboxylic acids is 1. The number of ether oxygens (including phenoxy) is 2. The second kappa shape index (κ2) is 7.66. The van der Waals surface area contributed by atoms with E-state index in [0.29, 0.717) is 23.3 Å². The lowest BCUT2D eigenvalue weighted by atomic mass is 9.89. The van der Waals surface area contributed by atoms with Gasteiger partial charge in [-0.15, -0.1) is 0 Å². The van der Waals surface area contributed by atoms with Crippen LogP contribution in [0.3, 0.4) is 0 Å². The highest BCUT2D eigenvalue weighted by molar-refractivity contribution is 5.94. The summed E-state index contributed by atoms with van der Waals surface area (Å²) in [6.07, 6.45) is 4.61. The number of carbonyl (C=O) groups is 2. The predicted molar refractivity (Wildman–Crippen MR) is 87.2 cm³/mol. The summed E-state index contributed by atoms with van der Waals surface area (Å²) in [4.78, 5) is 25.1. The number of benzene rings is 1. The van der Waals surface area contributed by atoms with Gasteiger partial charge in [-0.25, -0.2) is 4.79 Å². The summed E-state index contributed by atoms with van der Waals surface area (Å²) in [7, 11) is 0. The van der Waals surface area contributed by atoms with Crippen molar-refractivity contribution in [3.05, 3.63) is 29.8 Å². The molecule has 2 fully saturated rings. The highest BCUT2D eigenvalue weighted by Gasteiger charge is 2.31. The third-order valence-corrected chi connectivity index (χ3v) is 4.76. The van der Waals surface area contributed by atoms with Crippen molar-refractivity contribution in [2.24, 2.45) is 5.92 Å². The van der Waals surface area contributed by atoms with Crippen LogP contribution in [0.15, 0.2) is 24.3 Å². The fourth-order valence-electron chi connectivity index (χ4n) is 3.50. The van der Waals surface area contributed by atoms with Crippen molar-refractivity contribution >= 4 is 11.9 Å². The Morgan fingerprint density at radius 2 is 2.04 bits per heavy atom. The van der Waals surface area contributed by atoms with Gasteiger partial charge in [-0.2, -0.15) is 0 Å². The van der Waals surface area contributed by atoms with Crippen LogP contribution in [0.5, 0.6) is 5.75 Å². The minimum absolute atomic E-state index is 0.0263. The number of hydrogen-bond donors (Lipinski definition) is 1. The summed E-state index contributed by atoms with van der Waals surface area (Å²) in [6.45, 7) is 1.94. The zero-order valence-corrected chi connectivity index (χ0v) is 13.6. The number of nitrogens with zero attached hydrogens (tertiary/aromatic N) is 1. The lowest BCUT2D eigenvalue weighted by Crippen LogP contribution is -2.41. The number of piperidine rings is 1. The molecule has 0 bridgehead atoms. The van der Waals surface area contributed by atoms with E-state index in [-0.39, 0.29) is 5.91 Å². The number of carboxylic acids is 1. The van der Waals surface area contributed by atoms with E-state index in [1.807, 2.05) is 4.90 Å². The lowest BCUT2D eigenvalue weighted by molar-refractivity contribution is -0.139. The molecule has 130 valence electrons. The average Bonchev–Trinajstić information content (AvgIpc) is 3.14. The molecular weight excluding hydrogens is 310 g/mol. The molecule has 1 unspecified atom stereocenters. The van der Waals surface area contributed by atoms with E-state index in [9.17, 15) is 9.59 Å². The molecule has 1 N–H and O–H groups in total. The maximum Gasteiger partial charge on any atom is 0.341 e. The van der Waals surface area contributed by atoms with Crippen molar-refractivity contribution in [1.82, 2.24) is 4.90 Å². The van der Waals surface area contributed by atoms with Gasteiger partial charge in [0.2, 0.25) is 0 Å². The predicted octanol–water partition coefficient (Wildman–Crippen LogP) is 2.18. The van der Waals surface area contributed by atoms with Gasteiger partial charge in [0, 0.05) is 25.3 Å². The van der Waals surface area contributed by atoms with Gasteiger partial charge in [0.25, 0.3) is 5.91 Å². The minimum Gasteiger partial charge on any atom is -0.482 e. The molecule has 0 aliphatic carbocycles. The molecule has 1 amide bonds. The van der Waals surface area contributed by atoms with Gasteiger partial charge in [-0.05, 0) is 49.8 Å². The third kappa shape index (κ3) is 4.06. The van der Waals surface area contributed by atoms with Crippen LogP contribution in [0, 0.1) is 5.92 Å². The normalized spacial score (nSPS) is 21.7. The zero-order valence-electron chi connectivity index (χ0n) is 13.6. The molecule has 0 spiro atoms. The Bertz CT molecular complexity index is 589. The van der Waals surface area contributed by atoms with Crippen molar-refractivity contribution in [1.29, 1.82) is 0 Å². The highest BCUT2D eigenvalue weighted by Crippen LogP contribution is 2.29. The van der Waals surface area contributed by atoms with Crippen molar-refractivity contribution in [3.63, 3.8) is 0 Å².